The monoisotopic (exact) mass is 291 g/mol. The molecule has 0 fully saturated rings. The number of anilines is 2. The van der Waals surface area contributed by atoms with Crippen molar-refractivity contribution in [2.45, 2.75) is 39.5 Å². The number of nitrogens with zero attached hydrogens (tertiary/aromatic N) is 1. The highest BCUT2D eigenvalue weighted by Crippen LogP contribution is 2.41. The molecule has 0 spiro atoms. The van der Waals surface area contributed by atoms with Crippen molar-refractivity contribution < 1.29 is 0 Å². The minimum absolute atomic E-state index is 0.520. The number of benzene rings is 2. The molecule has 0 aliphatic carbocycles. The molecule has 0 amide bonds. The van der Waals surface area contributed by atoms with Gasteiger partial charge in [-0.2, -0.15) is 0 Å². The largest absolute Gasteiger partial charge is 0.337 e. The number of rotatable bonds is 3. The molecule has 1 aliphatic rings. The van der Waals surface area contributed by atoms with Crippen molar-refractivity contribution >= 4 is 17.5 Å². The molecular formula is C21H25N. The Hall–Kier alpha value is -2.02. The Bertz CT molecular complexity index is 669. The van der Waals surface area contributed by atoms with Crippen LogP contribution in [0.5, 0.6) is 0 Å². The van der Waals surface area contributed by atoms with Gasteiger partial charge in [0.05, 0.1) is 0 Å². The van der Waals surface area contributed by atoms with Gasteiger partial charge in [0.1, 0.15) is 0 Å². The SMILES string of the molecule is CC(C)c1cccc(C(C)C)c1N1CC=Cc2ccccc21. The number of hydrogen-bond donors (Lipinski definition) is 0. The highest BCUT2D eigenvalue weighted by Gasteiger charge is 2.22. The van der Waals surface area contributed by atoms with Crippen LogP contribution in [-0.4, -0.2) is 6.54 Å². The minimum Gasteiger partial charge on any atom is -0.337 e. The first-order valence-electron chi connectivity index (χ1n) is 8.25. The van der Waals surface area contributed by atoms with E-state index in [2.05, 4.69) is 87.2 Å². The highest BCUT2D eigenvalue weighted by atomic mass is 15.1. The summed E-state index contributed by atoms with van der Waals surface area (Å²) in [6.45, 7) is 10.1. The average Bonchev–Trinajstić information content (AvgIpc) is 2.53. The van der Waals surface area contributed by atoms with Gasteiger partial charge in [-0.05, 0) is 34.6 Å². The summed E-state index contributed by atoms with van der Waals surface area (Å²) in [6.07, 6.45) is 4.50. The second kappa shape index (κ2) is 6.00. The van der Waals surface area contributed by atoms with E-state index < -0.39 is 0 Å². The molecule has 0 unspecified atom stereocenters. The van der Waals surface area contributed by atoms with E-state index in [1.165, 1.54) is 28.1 Å². The third-order valence-electron chi connectivity index (χ3n) is 4.43. The summed E-state index contributed by atoms with van der Waals surface area (Å²) in [6, 6.07) is 15.5. The summed E-state index contributed by atoms with van der Waals surface area (Å²) in [5.41, 5.74) is 6.92. The van der Waals surface area contributed by atoms with Crippen LogP contribution >= 0.6 is 0 Å². The third-order valence-corrected chi connectivity index (χ3v) is 4.43. The van der Waals surface area contributed by atoms with Gasteiger partial charge in [-0.1, -0.05) is 76.2 Å². The Morgan fingerprint density at radius 1 is 0.818 bits per heavy atom. The molecule has 22 heavy (non-hydrogen) atoms. The Morgan fingerprint density at radius 3 is 2.09 bits per heavy atom. The van der Waals surface area contributed by atoms with Gasteiger partial charge >= 0.3 is 0 Å². The van der Waals surface area contributed by atoms with Crippen molar-refractivity contribution in [3.05, 3.63) is 65.2 Å². The molecule has 1 aliphatic heterocycles. The van der Waals surface area contributed by atoms with Crippen LogP contribution in [0, 0.1) is 0 Å². The average molecular weight is 291 g/mol. The first-order chi connectivity index (χ1) is 10.6. The fraction of sp³-hybridized carbons (Fsp3) is 0.333. The molecule has 114 valence electrons. The summed E-state index contributed by atoms with van der Waals surface area (Å²) in [7, 11) is 0. The van der Waals surface area contributed by atoms with Crippen molar-refractivity contribution in [2.75, 3.05) is 11.4 Å². The van der Waals surface area contributed by atoms with E-state index in [-0.39, 0.29) is 0 Å². The van der Waals surface area contributed by atoms with Crippen molar-refractivity contribution in [3.63, 3.8) is 0 Å². The molecule has 0 atom stereocenters. The zero-order valence-corrected chi connectivity index (χ0v) is 14.0. The van der Waals surface area contributed by atoms with Gasteiger partial charge in [-0.15, -0.1) is 0 Å². The number of para-hydroxylation sites is 2. The van der Waals surface area contributed by atoms with Crippen LogP contribution < -0.4 is 4.90 Å². The normalized spacial score (nSPS) is 13.8. The van der Waals surface area contributed by atoms with Gasteiger partial charge in [0, 0.05) is 17.9 Å². The van der Waals surface area contributed by atoms with E-state index in [1.54, 1.807) is 0 Å². The van der Waals surface area contributed by atoms with Crippen LogP contribution in [-0.2, 0) is 0 Å². The van der Waals surface area contributed by atoms with Crippen LogP contribution in [0.25, 0.3) is 6.08 Å². The van der Waals surface area contributed by atoms with Crippen LogP contribution in [0.15, 0.2) is 48.5 Å². The maximum atomic E-state index is 2.49. The first-order valence-corrected chi connectivity index (χ1v) is 8.25. The highest BCUT2D eigenvalue weighted by molar-refractivity contribution is 5.80. The van der Waals surface area contributed by atoms with Crippen LogP contribution in [0.4, 0.5) is 11.4 Å². The van der Waals surface area contributed by atoms with Gasteiger partial charge < -0.3 is 4.90 Å². The molecule has 1 nitrogen and oxygen atoms in total. The standard InChI is InChI=1S/C21H25N/c1-15(2)18-11-7-12-19(16(3)4)21(18)22-14-8-10-17-9-5-6-13-20(17)22/h5-13,15-16H,14H2,1-4H3. The molecule has 0 saturated heterocycles. The van der Waals surface area contributed by atoms with Crippen LogP contribution in [0.3, 0.4) is 0 Å². The van der Waals surface area contributed by atoms with Gasteiger partial charge in [0.2, 0.25) is 0 Å². The molecule has 2 aromatic rings. The van der Waals surface area contributed by atoms with Gasteiger partial charge in [-0.3, -0.25) is 0 Å². The third kappa shape index (κ3) is 2.56. The smallest absolute Gasteiger partial charge is 0.0487 e. The Balaban J connectivity index is 2.22. The van der Waals surface area contributed by atoms with Gasteiger partial charge in [0.25, 0.3) is 0 Å². The molecule has 1 heteroatoms. The fourth-order valence-corrected chi connectivity index (χ4v) is 3.29. The van der Waals surface area contributed by atoms with Crippen molar-refractivity contribution in [1.29, 1.82) is 0 Å². The van der Waals surface area contributed by atoms with Gasteiger partial charge in [0.15, 0.2) is 0 Å². The lowest BCUT2D eigenvalue weighted by atomic mass is 9.91. The zero-order chi connectivity index (χ0) is 15.7. The molecule has 0 N–H and O–H groups in total. The summed E-state index contributed by atoms with van der Waals surface area (Å²) in [5.74, 6) is 1.04. The number of hydrogen-bond acceptors (Lipinski definition) is 1. The molecule has 1 heterocycles. The molecule has 0 radical (unpaired) electrons. The number of fused-ring (bicyclic) bond motifs is 1. The topological polar surface area (TPSA) is 3.24 Å². The molecule has 0 aromatic heterocycles. The molecule has 0 saturated carbocycles. The predicted octanol–water partition coefficient (Wildman–Crippen LogP) is 6.10. The summed E-state index contributed by atoms with van der Waals surface area (Å²) in [5, 5.41) is 0. The first kappa shape index (κ1) is 14.9. The lowest BCUT2D eigenvalue weighted by molar-refractivity contribution is 0.822. The van der Waals surface area contributed by atoms with Crippen LogP contribution in [0.1, 0.15) is 56.2 Å². The van der Waals surface area contributed by atoms with E-state index >= 15 is 0 Å². The summed E-state index contributed by atoms with van der Waals surface area (Å²) in [4.78, 5) is 2.49. The van der Waals surface area contributed by atoms with E-state index in [1.807, 2.05) is 0 Å². The maximum Gasteiger partial charge on any atom is 0.0487 e. The van der Waals surface area contributed by atoms with Crippen LogP contribution in [0.2, 0.25) is 0 Å². The second-order valence-electron chi connectivity index (χ2n) is 6.67. The molecule has 0 bridgehead atoms. The van der Waals surface area contributed by atoms with E-state index in [0.717, 1.165) is 6.54 Å². The lowest BCUT2D eigenvalue weighted by Crippen LogP contribution is -2.23. The summed E-state index contributed by atoms with van der Waals surface area (Å²) >= 11 is 0. The van der Waals surface area contributed by atoms with Crippen molar-refractivity contribution in [3.8, 4) is 0 Å². The quantitative estimate of drug-likeness (QED) is 0.660. The molecule has 3 rings (SSSR count). The Kier molecular flexibility index (Phi) is 4.06. The van der Waals surface area contributed by atoms with E-state index in [9.17, 15) is 0 Å². The zero-order valence-electron chi connectivity index (χ0n) is 14.0. The maximum absolute atomic E-state index is 2.49. The Morgan fingerprint density at radius 2 is 1.45 bits per heavy atom. The lowest BCUT2D eigenvalue weighted by Gasteiger charge is -2.33. The second-order valence-corrected chi connectivity index (χ2v) is 6.67. The van der Waals surface area contributed by atoms with Gasteiger partial charge in [-0.25, -0.2) is 0 Å². The fourth-order valence-electron chi connectivity index (χ4n) is 3.29. The Labute approximate surface area is 134 Å². The molecule has 2 aromatic carbocycles. The van der Waals surface area contributed by atoms with Crippen molar-refractivity contribution in [2.24, 2.45) is 0 Å². The minimum atomic E-state index is 0.520. The summed E-state index contributed by atoms with van der Waals surface area (Å²) < 4.78 is 0. The predicted molar refractivity (Wildman–Crippen MR) is 97.1 cm³/mol. The van der Waals surface area contributed by atoms with Crippen molar-refractivity contribution in [1.82, 2.24) is 0 Å². The van der Waals surface area contributed by atoms with E-state index in [0.29, 0.717) is 11.8 Å². The molecular weight excluding hydrogens is 266 g/mol. The van der Waals surface area contributed by atoms with E-state index in [4.69, 9.17) is 0 Å².